The number of pyridine rings is 1. The minimum atomic E-state index is -0.0801. The van der Waals surface area contributed by atoms with Gasteiger partial charge in [0.2, 0.25) is 5.91 Å². The topological polar surface area (TPSA) is 65.8 Å². The second kappa shape index (κ2) is 9.93. The van der Waals surface area contributed by atoms with Gasteiger partial charge in [-0.05, 0) is 36.2 Å². The monoisotopic (exact) mass is 407 g/mol. The van der Waals surface area contributed by atoms with Gasteiger partial charge in [0.05, 0.1) is 17.0 Å². The molecule has 1 aromatic heterocycles. The number of carbonyl (C=O) groups is 1. The molecule has 0 bridgehead atoms. The molecule has 28 heavy (non-hydrogen) atoms. The van der Waals surface area contributed by atoms with Gasteiger partial charge in [0.1, 0.15) is 11.1 Å². The first-order valence-electron chi connectivity index (χ1n) is 8.76. The van der Waals surface area contributed by atoms with Gasteiger partial charge in [-0.2, -0.15) is 5.26 Å². The largest absolute Gasteiger partial charge is 0.355 e. The molecule has 0 unspecified atom stereocenters. The summed E-state index contributed by atoms with van der Waals surface area (Å²) in [4.78, 5) is 16.7. The van der Waals surface area contributed by atoms with Crippen LogP contribution in [-0.2, 0) is 11.2 Å². The minimum Gasteiger partial charge on any atom is -0.355 e. The van der Waals surface area contributed by atoms with E-state index < -0.39 is 0 Å². The van der Waals surface area contributed by atoms with E-state index in [0.717, 1.165) is 17.7 Å². The molecule has 1 amide bonds. The van der Waals surface area contributed by atoms with Crippen LogP contribution in [-0.4, -0.2) is 23.2 Å². The molecule has 0 aliphatic heterocycles. The van der Waals surface area contributed by atoms with Crippen molar-refractivity contribution in [2.24, 2.45) is 0 Å². The molecule has 0 spiro atoms. The number of hydrogen-bond donors (Lipinski definition) is 1. The van der Waals surface area contributed by atoms with Crippen LogP contribution >= 0.6 is 23.4 Å². The first kappa shape index (κ1) is 19.9. The maximum atomic E-state index is 12.1. The fourth-order valence-electron chi connectivity index (χ4n) is 2.59. The van der Waals surface area contributed by atoms with Crippen molar-refractivity contribution in [1.29, 1.82) is 5.26 Å². The lowest BCUT2D eigenvalue weighted by molar-refractivity contribution is -0.118. The number of hydrogen-bond acceptors (Lipinski definition) is 4. The van der Waals surface area contributed by atoms with Crippen molar-refractivity contribution in [3.8, 4) is 17.3 Å². The van der Waals surface area contributed by atoms with Crippen LogP contribution in [0, 0.1) is 11.3 Å². The van der Waals surface area contributed by atoms with Gasteiger partial charge in [-0.25, -0.2) is 4.98 Å². The molecule has 3 aromatic rings. The number of carbonyl (C=O) groups excluding carboxylic acids is 1. The van der Waals surface area contributed by atoms with Crippen LogP contribution < -0.4 is 5.32 Å². The highest BCUT2D eigenvalue weighted by Gasteiger charge is 2.10. The third-order valence-corrected chi connectivity index (χ3v) is 5.28. The number of amides is 1. The van der Waals surface area contributed by atoms with E-state index in [2.05, 4.69) is 16.4 Å². The van der Waals surface area contributed by atoms with Gasteiger partial charge < -0.3 is 5.32 Å². The van der Waals surface area contributed by atoms with Gasteiger partial charge in [-0.1, -0.05) is 65.8 Å². The minimum absolute atomic E-state index is 0.0801. The summed E-state index contributed by atoms with van der Waals surface area (Å²) >= 11 is 7.20. The summed E-state index contributed by atoms with van der Waals surface area (Å²) < 4.78 is 0. The van der Waals surface area contributed by atoms with Gasteiger partial charge in [0, 0.05) is 17.1 Å². The molecule has 1 heterocycles. The Morgan fingerprint density at radius 1 is 1.07 bits per heavy atom. The number of halogens is 1. The molecule has 0 atom stereocenters. The Hall–Kier alpha value is -2.81. The summed E-state index contributed by atoms with van der Waals surface area (Å²) in [6.45, 7) is 0.576. The van der Waals surface area contributed by atoms with Crippen molar-refractivity contribution < 1.29 is 4.79 Å². The van der Waals surface area contributed by atoms with Crippen molar-refractivity contribution in [2.75, 3.05) is 12.3 Å². The fraction of sp³-hybridized carbons (Fsp3) is 0.136. The summed E-state index contributed by atoms with van der Waals surface area (Å²) in [7, 11) is 0. The number of thioether (sulfide) groups is 1. The van der Waals surface area contributed by atoms with Crippen LogP contribution in [0.15, 0.2) is 71.8 Å². The highest BCUT2D eigenvalue weighted by atomic mass is 35.5. The van der Waals surface area contributed by atoms with E-state index in [9.17, 15) is 10.1 Å². The number of nitrogens with one attached hydrogen (secondary N) is 1. The lowest BCUT2D eigenvalue weighted by Crippen LogP contribution is -2.27. The van der Waals surface area contributed by atoms with Gasteiger partial charge in [-0.3, -0.25) is 4.79 Å². The van der Waals surface area contributed by atoms with Crippen molar-refractivity contribution >= 4 is 29.3 Å². The Morgan fingerprint density at radius 2 is 1.82 bits per heavy atom. The molecule has 0 aliphatic carbocycles. The predicted molar refractivity (Wildman–Crippen MR) is 113 cm³/mol. The van der Waals surface area contributed by atoms with Crippen molar-refractivity contribution in [3.63, 3.8) is 0 Å². The Kier molecular flexibility index (Phi) is 7.07. The molecule has 0 saturated heterocycles. The van der Waals surface area contributed by atoms with E-state index in [4.69, 9.17) is 11.6 Å². The molecule has 3 rings (SSSR count). The Labute approximate surface area is 173 Å². The summed E-state index contributed by atoms with van der Waals surface area (Å²) in [5.74, 6) is 0.129. The summed E-state index contributed by atoms with van der Waals surface area (Å²) in [6.07, 6.45) is 0.783. The van der Waals surface area contributed by atoms with E-state index in [0.29, 0.717) is 22.2 Å². The zero-order valence-electron chi connectivity index (χ0n) is 15.1. The standard InChI is InChI=1S/C22H18ClN3OS/c23-19-9-6-17(7-10-19)20-11-8-18(14-24)22(26-20)28-15-21(27)25-13-12-16-4-2-1-3-5-16/h1-11H,12-13,15H2,(H,25,27). The van der Waals surface area contributed by atoms with E-state index in [-0.39, 0.29) is 11.7 Å². The number of nitriles is 1. The van der Waals surface area contributed by atoms with Gasteiger partial charge >= 0.3 is 0 Å². The fourth-order valence-corrected chi connectivity index (χ4v) is 3.52. The normalized spacial score (nSPS) is 10.3. The SMILES string of the molecule is N#Cc1ccc(-c2ccc(Cl)cc2)nc1SCC(=O)NCCc1ccccc1. The molecule has 1 N–H and O–H groups in total. The van der Waals surface area contributed by atoms with Crippen LogP contribution in [0.4, 0.5) is 0 Å². The van der Waals surface area contributed by atoms with Crippen molar-refractivity contribution in [3.05, 3.63) is 82.9 Å². The Morgan fingerprint density at radius 3 is 2.54 bits per heavy atom. The van der Waals surface area contributed by atoms with Gasteiger partial charge in [0.15, 0.2) is 0 Å². The van der Waals surface area contributed by atoms with E-state index in [1.54, 1.807) is 24.3 Å². The average Bonchev–Trinajstić information content (AvgIpc) is 2.73. The number of rotatable bonds is 7. The zero-order chi connectivity index (χ0) is 19.8. The number of nitrogens with zero attached hydrogens (tertiary/aromatic N) is 2. The highest BCUT2D eigenvalue weighted by Crippen LogP contribution is 2.26. The van der Waals surface area contributed by atoms with Crippen LogP contribution in [0.3, 0.4) is 0 Å². The highest BCUT2D eigenvalue weighted by molar-refractivity contribution is 8.00. The number of benzene rings is 2. The molecule has 140 valence electrons. The molecule has 0 radical (unpaired) electrons. The quantitative estimate of drug-likeness (QED) is 0.575. The maximum Gasteiger partial charge on any atom is 0.230 e. The average molecular weight is 408 g/mol. The smallest absolute Gasteiger partial charge is 0.230 e. The zero-order valence-corrected chi connectivity index (χ0v) is 16.6. The van der Waals surface area contributed by atoms with Crippen LogP contribution in [0.5, 0.6) is 0 Å². The second-order valence-corrected chi connectivity index (χ2v) is 7.44. The number of aromatic nitrogens is 1. The molecule has 0 aliphatic rings. The lowest BCUT2D eigenvalue weighted by Gasteiger charge is -2.08. The molecule has 2 aromatic carbocycles. The first-order valence-corrected chi connectivity index (χ1v) is 10.1. The molecule has 0 fully saturated rings. The third kappa shape index (κ3) is 5.59. The Balaban J connectivity index is 1.59. The van der Waals surface area contributed by atoms with Crippen LogP contribution in [0.1, 0.15) is 11.1 Å². The molecule has 6 heteroatoms. The molecular formula is C22H18ClN3OS. The summed E-state index contributed by atoms with van der Waals surface area (Å²) in [6, 6.07) is 23.0. The third-order valence-electron chi connectivity index (χ3n) is 4.04. The van der Waals surface area contributed by atoms with Crippen LogP contribution in [0.25, 0.3) is 11.3 Å². The van der Waals surface area contributed by atoms with E-state index in [1.807, 2.05) is 42.5 Å². The predicted octanol–water partition coefficient (Wildman–Crippen LogP) is 4.72. The second-order valence-electron chi connectivity index (χ2n) is 6.04. The van der Waals surface area contributed by atoms with Crippen molar-refractivity contribution in [2.45, 2.75) is 11.4 Å². The van der Waals surface area contributed by atoms with Crippen molar-refractivity contribution in [1.82, 2.24) is 10.3 Å². The summed E-state index contributed by atoms with van der Waals surface area (Å²) in [5, 5.41) is 13.4. The maximum absolute atomic E-state index is 12.1. The van der Waals surface area contributed by atoms with Crippen LogP contribution in [0.2, 0.25) is 5.02 Å². The van der Waals surface area contributed by atoms with Gasteiger partial charge in [0.25, 0.3) is 0 Å². The summed E-state index contributed by atoms with van der Waals surface area (Å²) in [5.41, 5.74) is 3.28. The Bertz CT molecular complexity index is 985. The van der Waals surface area contributed by atoms with E-state index in [1.165, 1.54) is 17.3 Å². The first-order chi connectivity index (χ1) is 13.7. The van der Waals surface area contributed by atoms with Gasteiger partial charge in [-0.15, -0.1) is 0 Å². The molecular weight excluding hydrogens is 390 g/mol. The molecule has 4 nitrogen and oxygen atoms in total. The lowest BCUT2D eigenvalue weighted by atomic mass is 10.1. The molecule has 0 saturated carbocycles. The van der Waals surface area contributed by atoms with E-state index >= 15 is 0 Å².